The number of oxazole rings is 1. The summed E-state index contributed by atoms with van der Waals surface area (Å²) in [7, 11) is 0. The molecule has 0 spiro atoms. The monoisotopic (exact) mass is 370 g/mol. The Morgan fingerprint density at radius 3 is 3.00 bits per heavy atom. The van der Waals surface area contributed by atoms with Gasteiger partial charge in [-0.2, -0.15) is 4.98 Å². The number of carbonyl (C=O) groups excluding carboxylic acids is 1. The molecule has 7 heteroatoms. The third-order valence-electron chi connectivity index (χ3n) is 4.49. The lowest BCUT2D eigenvalue weighted by molar-refractivity contribution is 0.251. The van der Waals surface area contributed by atoms with Gasteiger partial charge in [0.2, 0.25) is 0 Å². The average Bonchev–Trinajstić information content (AvgIpc) is 3.26. The van der Waals surface area contributed by atoms with E-state index in [-0.39, 0.29) is 12.1 Å². The summed E-state index contributed by atoms with van der Waals surface area (Å²) in [6, 6.07) is 15.3. The Bertz CT molecular complexity index is 894. The standard InChI is InChI=1S/C19H19ClN4O2/c20-13-5-3-6-14(11-13)22-18(25)21-12-15-7-4-10-24(15)19-23-16-8-1-2-9-17(16)26-19/h1-3,5-6,8-9,11,15H,4,7,10,12H2,(H2,21,22,25). The molecule has 4 rings (SSSR count). The van der Waals surface area contributed by atoms with E-state index in [1.54, 1.807) is 24.3 Å². The van der Waals surface area contributed by atoms with E-state index < -0.39 is 0 Å². The molecule has 0 aliphatic carbocycles. The summed E-state index contributed by atoms with van der Waals surface area (Å²) in [6.45, 7) is 1.39. The summed E-state index contributed by atoms with van der Waals surface area (Å²) in [4.78, 5) is 18.8. The Morgan fingerprint density at radius 1 is 1.27 bits per heavy atom. The van der Waals surface area contributed by atoms with E-state index in [2.05, 4.69) is 20.5 Å². The number of urea groups is 1. The molecular weight excluding hydrogens is 352 g/mol. The summed E-state index contributed by atoms with van der Waals surface area (Å²) >= 11 is 5.93. The number of hydrogen-bond acceptors (Lipinski definition) is 4. The Labute approximate surface area is 156 Å². The molecule has 6 nitrogen and oxygen atoms in total. The average molecular weight is 371 g/mol. The summed E-state index contributed by atoms with van der Waals surface area (Å²) in [5.41, 5.74) is 2.29. The van der Waals surface area contributed by atoms with Crippen molar-refractivity contribution in [2.75, 3.05) is 23.3 Å². The quantitative estimate of drug-likeness (QED) is 0.719. The number of rotatable bonds is 4. The number of nitrogens with one attached hydrogen (secondary N) is 2. The number of carbonyl (C=O) groups is 1. The molecule has 1 aliphatic heterocycles. The van der Waals surface area contributed by atoms with Crippen LogP contribution in [0, 0.1) is 0 Å². The van der Waals surface area contributed by atoms with Gasteiger partial charge in [-0.3, -0.25) is 0 Å². The van der Waals surface area contributed by atoms with Crippen LogP contribution < -0.4 is 15.5 Å². The molecule has 1 fully saturated rings. The number of benzene rings is 2. The second kappa shape index (κ2) is 7.25. The largest absolute Gasteiger partial charge is 0.423 e. The topological polar surface area (TPSA) is 70.4 Å². The molecule has 3 aromatic rings. The SMILES string of the molecule is O=C(NCC1CCCN1c1nc2ccccc2o1)Nc1cccc(Cl)c1. The lowest BCUT2D eigenvalue weighted by Gasteiger charge is -2.23. The molecular formula is C19H19ClN4O2. The van der Waals surface area contributed by atoms with Crippen LogP contribution in [0.15, 0.2) is 52.9 Å². The molecule has 0 saturated carbocycles. The number of halogens is 1. The van der Waals surface area contributed by atoms with Gasteiger partial charge in [0, 0.05) is 23.8 Å². The Kier molecular flexibility index (Phi) is 4.67. The molecule has 1 atom stereocenters. The second-order valence-electron chi connectivity index (χ2n) is 6.30. The van der Waals surface area contributed by atoms with Crippen LogP contribution in [0.1, 0.15) is 12.8 Å². The van der Waals surface area contributed by atoms with Crippen molar-refractivity contribution < 1.29 is 9.21 Å². The van der Waals surface area contributed by atoms with Crippen LogP contribution in [-0.2, 0) is 0 Å². The van der Waals surface area contributed by atoms with Gasteiger partial charge in [0.1, 0.15) is 5.52 Å². The number of hydrogen-bond donors (Lipinski definition) is 2. The molecule has 1 aromatic heterocycles. The van der Waals surface area contributed by atoms with Crippen molar-refractivity contribution in [2.45, 2.75) is 18.9 Å². The van der Waals surface area contributed by atoms with Crippen molar-refractivity contribution in [3.63, 3.8) is 0 Å². The van der Waals surface area contributed by atoms with E-state index in [1.807, 2.05) is 24.3 Å². The predicted octanol–water partition coefficient (Wildman–Crippen LogP) is 4.27. The fraction of sp³-hybridized carbons (Fsp3) is 0.263. The minimum Gasteiger partial charge on any atom is -0.423 e. The van der Waals surface area contributed by atoms with Crippen molar-refractivity contribution in [1.82, 2.24) is 10.3 Å². The van der Waals surface area contributed by atoms with E-state index in [4.69, 9.17) is 16.0 Å². The number of nitrogens with zero attached hydrogens (tertiary/aromatic N) is 2. The Balaban J connectivity index is 1.38. The summed E-state index contributed by atoms with van der Waals surface area (Å²) in [6.07, 6.45) is 2.02. The molecule has 26 heavy (non-hydrogen) atoms. The third kappa shape index (κ3) is 3.60. The fourth-order valence-electron chi connectivity index (χ4n) is 3.23. The first-order valence-corrected chi connectivity index (χ1v) is 8.99. The highest BCUT2D eigenvalue weighted by atomic mass is 35.5. The zero-order chi connectivity index (χ0) is 17.9. The predicted molar refractivity (Wildman–Crippen MR) is 103 cm³/mol. The highest BCUT2D eigenvalue weighted by Gasteiger charge is 2.28. The number of anilines is 2. The maximum atomic E-state index is 12.1. The number of aromatic nitrogens is 1. The molecule has 1 aliphatic rings. The van der Waals surface area contributed by atoms with Crippen LogP contribution in [0.4, 0.5) is 16.5 Å². The van der Waals surface area contributed by atoms with Gasteiger partial charge in [0.05, 0.1) is 6.04 Å². The van der Waals surface area contributed by atoms with Gasteiger partial charge in [-0.15, -0.1) is 0 Å². The molecule has 0 radical (unpaired) electrons. The third-order valence-corrected chi connectivity index (χ3v) is 4.72. The maximum absolute atomic E-state index is 12.1. The van der Waals surface area contributed by atoms with Crippen molar-refractivity contribution >= 4 is 40.4 Å². The van der Waals surface area contributed by atoms with Crippen LogP contribution in [0.2, 0.25) is 5.02 Å². The molecule has 2 N–H and O–H groups in total. The van der Waals surface area contributed by atoms with Crippen molar-refractivity contribution in [3.05, 3.63) is 53.6 Å². The number of fused-ring (bicyclic) bond motifs is 1. The normalized spacial score (nSPS) is 16.8. The van der Waals surface area contributed by atoms with Gasteiger partial charge in [-0.05, 0) is 43.2 Å². The van der Waals surface area contributed by atoms with Crippen LogP contribution in [0.5, 0.6) is 0 Å². The zero-order valence-electron chi connectivity index (χ0n) is 14.1. The Hall–Kier alpha value is -2.73. The zero-order valence-corrected chi connectivity index (χ0v) is 14.9. The Morgan fingerprint density at radius 2 is 2.15 bits per heavy atom. The molecule has 0 bridgehead atoms. The van der Waals surface area contributed by atoms with Crippen LogP contribution >= 0.6 is 11.6 Å². The van der Waals surface area contributed by atoms with Gasteiger partial charge in [-0.1, -0.05) is 29.8 Å². The van der Waals surface area contributed by atoms with Crippen LogP contribution in [0.3, 0.4) is 0 Å². The molecule has 2 heterocycles. The maximum Gasteiger partial charge on any atom is 0.319 e. The first kappa shape index (κ1) is 16.7. The number of amides is 2. The summed E-state index contributed by atoms with van der Waals surface area (Å²) in [5.74, 6) is 0. The second-order valence-corrected chi connectivity index (χ2v) is 6.74. The molecule has 1 unspecified atom stereocenters. The van der Waals surface area contributed by atoms with Gasteiger partial charge >= 0.3 is 6.03 Å². The van der Waals surface area contributed by atoms with Gasteiger partial charge < -0.3 is 20.0 Å². The van der Waals surface area contributed by atoms with Crippen molar-refractivity contribution in [1.29, 1.82) is 0 Å². The lowest BCUT2D eigenvalue weighted by atomic mass is 10.2. The van der Waals surface area contributed by atoms with Crippen LogP contribution in [0.25, 0.3) is 11.1 Å². The van der Waals surface area contributed by atoms with Crippen molar-refractivity contribution in [3.8, 4) is 0 Å². The summed E-state index contributed by atoms with van der Waals surface area (Å²) < 4.78 is 5.87. The first-order chi connectivity index (χ1) is 12.7. The van der Waals surface area contributed by atoms with Crippen LogP contribution in [-0.4, -0.2) is 30.1 Å². The summed E-state index contributed by atoms with van der Waals surface area (Å²) in [5, 5.41) is 6.30. The minimum atomic E-state index is -0.253. The van der Waals surface area contributed by atoms with Gasteiger partial charge in [0.15, 0.2) is 5.58 Å². The molecule has 1 saturated heterocycles. The lowest BCUT2D eigenvalue weighted by Crippen LogP contribution is -2.41. The highest BCUT2D eigenvalue weighted by molar-refractivity contribution is 6.30. The first-order valence-electron chi connectivity index (χ1n) is 8.62. The molecule has 134 valence electrons. The van der Waals surface area contributed by atoms with Crippen molar-refractivity contribution in [2.24, 2.45) is 0 Å². The van der Waals surface area contributed by atoms with E-state index in [0.717, 1.165) is 30.5 Å². The van der Waals surface area contributed by atoms with Gasteiger partial charge in [-0.25, -0.2) is 4.79 Å². The number of para-hydroxylation sites is 2. The molecule has 2 amide bonds. The van der Waals surface area contributed by atoms with Gasteiger partial charge in [0.25, 0.3) is 6.01 Å². The van der Waals surface area contributed by atoms with E-state index in [9.17, 15) is 4.79 Å². The van der Waals surface area contributed by atoms with E-state index in [0.29, 0.717) is 23.3 Å². The smallest absolute Gasteiger partial charge is 0.319 e. The fourth-order valence-corrected chi connectivity index (χ4v) is 3.42. The van der Waals surface area contributed by atoms with E-state index >= 15 is 0 Å². The van der Waals surface area contributed by atoms with E-state index in [1.165, 1.54) is 0 Å². The molecule has 2 aromatic carbocycles. The minimum absolute atomic E-state index is 0.160. The highest BCUT2D eigenvalue weighted by Crippen LogP contribution is 2.28.